The van der Waals surface area contributed by atoms with Crippen molar-refractivity contribution in [2.24, 2.45) is 0 Å². The van der Waals surface area contributed by atoms with Gasteiger partial charge in [-0.05, 0) is 89.0 Å². The predicted octanol–water partition coefficient (Wildman–Crippen LogP) is 12.5. The average molecular weight is 766 g/mol. The Hall–Kier alpha value is -8.65. The second-order valence-corrected chi connectivity index (χ2v) is 14.7. The molecular weight excluding hydrogens is 735 g/mol. The van der Waals surface area contributed by atoms with Crippen molar-refractivity contribution in [3.63, 3.8) is 0 Å². The van der Waals surface area contributed by atoms with Crippen molar-refractivity contribution >= 4 is 43.6 Å². The SMILES string of the molecule is N#Cc1ccc(-n2c3ccc(-c4ccccc4)cc3c3cc(-c4ccccc4)ccc32)c(-c2nc(-c3ccccc3C#N)nc(-n3c4ccccc4c4ccccc43)n2)c1. The smallest absolute Gasteiger partial charge is 0.238 e. The molecule has 0 aliphatic rings. The summed E-state index contributed by atoms with van der Waals surface area (Å²) in [4.78, 5) is 15.5. The Morgan fingerprint density at radius 3 is 1.47 bits per heavy atom. The number of benzene rings is 8. The first-order chi connectivity index (χ1) is 29.7. The molecule has 0 N–H and O–H groups in total. The van der Waals surface area contributed by atoms with Gasteiger partial charge in [-0.2, -0.15) is 20.5 Å². The van der Waals surface area contributed by atoms with Gasteiger partial charge in [-0.1, -0.05) is 121 Å². The van der Waals surface area contributed by atoms with Crippen molar-refractivity contribution in [3.05, 3.63) is 199 Å². The van der Waals surface area contributed by atoms with Gasteiger partial charge in [0.25, 0.3) is 0 Å². The van der Waals surface area contributed by atoms with Crippen LogP contribution >= 0.6 is 0 Å². The molecule has 11 rings (SSSR count). The van der Waals surface area contributed by atoms with Gasteiger partial charge < -0.3 is 4.57 Å². The molecule has 0 aliphatic carbocycles. The van der Waals surface area contributed by atoms with Crippen LogP contribution in [0.5, 0.6) is 0 Å². The number of fused-ring (bicyclic) bond motifs is 6. The maximum absolute atomic E-state index is 10.3. The summed E-state index contributed by atoms with van der Waals surface area (Å²) >= 11 is 0. The van der Waals surface area contributed by atoms with Gasteiger partial charge in [0.15, 0.2) is 11.6 Å². The summed E-state index contributed by atoms with van der Waals surface area (Å²) in [7, 11) is 0. The largest absolute Gasteiger partial charge is 0.308 e. The highest BCUT2D eigenvalue weighted by Crippen LogP contribution is 2.40. The third-order valence-corrected chi connectivity index (χ3v) is 11.3. The molecule has 0 bridgehead atoms. The lowest BCUT2D eigenvalue weighted by atomic mass is 10.0. The first-order valence-corrected chi connectivity index (χ1v) is 19.6. The van der Waals surface area contributed by atoms with E-state index in [2.05, 4.69) is 130 Å². The lowest BCUT2D eigenvalue weighted by molar-refractivity contribution is 0.951. The molecule has 0 radical (unpaired) electrons. The van der Waals surface area contributed by atoms with Crippen LogP contribution in [0.15, 0.2) is 188 Å². The third-order valence-electron chi connectivity index (χ3n) is 11.3. The molecule has 7 nitrogen and oxygen atoms in total. The van der Waals surface area contributed by atoms with E-state index in [-0.39, 0.29) is 0 Å². The second kappa shape index (κ2) is 14.1. The molecule has 11 aromatic rings. The van der Waals surface area contributed by atoms with E-state index < -0.39 is 0 Å². The lowest BCUT2D eigenvalue weighted by Gasteiger charge is -2.16. The highest BCUT2D eigenvalue weighted by Gasteiger charge is 2.23. The highest BCUT2D eigenvalue weighted by molar-refractivity contribution is 6.12. The maximum Gasteiger partial charge on any atom is 0.238 e. The summed E-state index contributed by atoms with van der Waals surface area (Å²) in [6, 6.07) is 68.2. The van der Waals surface area contributed by atoms with Gasteiger partial charge in [0, 0.05) is 32.7 Å². The van der Waals surface area contributed by atoms with E-state index in [1.165, 1.54) is 0 Å². The van der Waals surface area contributed by atoms with Crippen LogP contribution in [-0.2, 0) is 0 Å². The number of para-hydroxylation sites is 2. The van der Waals surface area contributed by atoms with Crippen LogP contribution in [0.2, 0.25) is 0 Å². The van der Waals surface area contributed by atoms with Gasteiger partial charge in [0.2, 0.25) is 5.95 Å². The van der Waals surface area contributed by atoms with E-state index in [0.29, 0.717) is 39.9 Å². The minimum atomic E-state index is 0.351. The summed E-state index contributed by atoms with van der Waals surface area (Å²) in [5.41, 5.74) is 11.3. The first kappa shape index (κ1) is 34.6. The van der Waals surface area contributed by atoms with Crippen LogP contribution in [0.1, 0.15) is 11.1 Å². The number of aromatic nitrogens is 5. The summed E-state index contributed by atoms with van der Waals surface area (Å²) in [6.07, 6.45) is 0. The minimum Gasteiger partial charge on any atom is -0.308 e. The molecule has 0 saturated heterocycles. The number of hydrogen-bond acceptors (Lipinski definition) is 5. The van der Waals surface area contributed by atoms with E-state index in [4.69, 9.17) is 15.0 Å². The lowest BCUT2D eigenvalue weighted by Crippen LogP contribution is -2.08. The van der Waals surface area contributed by atoms with Gasteiger partial charge in [-0.15, -0.1) is 0 Å². The van der Waals surface area contributed by atoms with E-state index in [1.807, 2.05) is 72.8 Å². The topological polar surface area (TPSA) is 96.1 Å². The molecule has 3 aromatic heterocycles. The molecule has 278 valence electrons. The van der Waals surface area contributed by atoms with Crippen molar-refractivity contribution < 1.29 is 0 Å². The molecule has 0 spiro atoms. The molecule has 8 aromatic carbocycles. The summed E-state index contributed by atoms with van der Waals surface area (Å²) < 4.78 is 4.30. The van der Waals surface area contributed by atoms with Crippen LogP contribution < -0.4 is 0 Å². The quantitative estimate of drug-likeness (QED) is 0.168. The molecule has 0 amide bonds. The Kier molecular flexibility index (Phi) is 8.11. The average Bonchev–Trinajstić information content (AvgIpc) is 3.84. The van der Waals surface area contributed by atoms with E-state index in [1.54, 1.807) is 6.07 Å². The van der Waals surface area contributed by atoms with Crippen LogP contribution in [-0.4, -0.2) is 24.1 Å². The third kappa shape index (κ3) is 5.61. The van der Waals surface area contributed by atoms with Crippen molar-refractivity contribution in [1.82, 2.24) is 24.1 Å². The molecule has 0 unspecified atom stereocenters. The van der Waals surface area contributed by atoms with Crippen molar-refractivity contribution in [2.75, 3.05) is 0 Å². The Morgan fingerprint density at radius 2 is 0.883 bits per heavy atom. The first-order valence-electron chi connectivity index (χ1n) is 19.6. The fourth-order valence-corrected chi connectivity index (χ4v) is 8.50. The molecule has 0 aliphatic heterocycles. The molecule has 0 fully saturated rings. The van der Waals surface area contributed by atoms with Gasteiger partial charge >= 0.3 is 0 Å². The number of nitrogens with zero attached hydrogens (tertiary/aromatic N) is 7. The summed E-state index contributed by atoms with van der Waals surface area (Å²) in [6.45, 7) is 0. The number of hydrogen-bond donors (Lipinski definition) is 0. The normalized spacial score (nSPS) is 11.3. The van der Waals surface area contributed by atoms with Gasteiger partial charge in [-0.25, -0.2) is 4.98 Å². The minimum absolute atomic E-state index is 0.351. The van der Waals surface area contributed by atoms with Crippen LogP contribution in [0.25, 0.3) is 100 Å². The highest BCUT2D eigenvalue weighted by atomic mass is 15.2. The molecular formula is C53H31N7. The Labute approximate surface area is 345 Å². The maximum atomic E-state index is 10.3. The van der Waals surface area contributed by atoms with Crippen molar-refractivity contribution in [3.8, 4) is 68.8 Å². The fraction of sp³-hybridized carbons (Fsp3) is 0. The second-order valence-electron chi connectivity index (χ2n) is 14.7. The zero-order chi connectivity index (χ0) is 40.2. The standard InChI is InChI=1S/C53H31N7/c54-32-34-23-26-50(59-48-27-24-37(35-13-3-1-4-14-35)30-43(48)44-31-38(25-28-49(44)59)36-15-5-2-6-16-36)45(29-34)52-56-51(40-18-8-7-17-39(40)33-55)57-53(58-52)60-46-21-11-9-19-41(46)42-20-10-12-22-47(42)60/h1-31H. The van der Waals surface area contributed by atoms with Gasteiger partial charge in [0.05, 0.1) is 51.0 Å². The summed E-state index contributed by atoms with van der Waals surface area (Å²) in [5, 5.41) is 24.9. The van der Waals surface area contributed by atoms with Gasteiger partial charge in [0.1, 0.15) is 0 Å². The number of rotatable bonds is 6. The molecule has 3 heterocycles. The Bertz CT molecular complexity index is 3420. The molecule has 60 heavy (non-hydrogen) atoms. The monoisotopic (exact) mass is 765 g/mol. The van der Waals surface area contributed by atoms with Crippen molar-refractivity contribution in [2.45, 2.75) is 0 Å². The van der Waals surface area contributed by atoms with E-state index in [0.717, 1.165) is 71.6 Å². The van der Waals surface area contributed by atoms with Gasteiger partial charge in [-0.3, -0.25) is 4.57 Å². The molecule has 0 atom stereocenters. The summed E-state index contributed by atoms with van der Waals surface area (Å²) in [5.74, 6) is 1.12. The van der Waals surface area contributed by atoms with Crippen LogP contribution in [0, 0.1) is 22.7 Å². The fourth-order valence-electron chi connectivity index (χ4n) is 8.50. The zero-order valence-electron chi connectivity index (χ0n) is 32.0. The van der Waals surface area contributed by atoms with Crippen LogP contribution in [0.3, 0.4) is 0 Å². The van der Waals surface area contributed by atoms with Crippen LogP contribution in [0.4, 0.5) is 0 Å². The Morgan fingerprint density at radius 1 is 0.367 bits per heavy atom. The van der Waals surface area contributed by atoms with E-state index >= 15 is 0 Å². The predicted molar refractivity (Wildman–Crippen MR) is 240 cm³/mol. The molecule has 0 saturated carbocycles. The molecule has 7 heteroatoms. The zero-order valence-corrected chi connectivity index (χ0v) is 32.0. The van der Waals surface area contributed by atoms with E-state index in [9.17, 15) is 10.5 Å². The number of nitriles is 2. The Balaban J connectivity index is 1.22. The van der Waals surface area contributed by atoms with Crippen molar-refractivity contribution in [1.29, 1.82) is 10.5 Å².